The molecule has 26 heavy (non-hydrogen) atoms. The minimum Gasteiger partial charge on any atom is -0.338 e. The molecule has 8 nitrogen and oxygen atoms in total. The van der Waals surface area contributed by atoms with Gasteiger partial charge in [0.2, 0.25) is 0 Å². The Hall–Kier alpha value is -2.00. The van der Waals surface area contributed by atoms with Crippen LogP contribution in [0, 0.1) is 0 Å². The van der Waals surface area contributed by atoms with E-state index in [1.165, 1.54) is 17.2 Å². The van der Waals surface area contributed by atoms with Crippen LogP contribution in [0.25, 0.3) is 0 Å². The summed E-state index contributed by atoms with van der Waals surface area (Å²) < 4.78 is 23.3. The van der Waals surface area contributed by atoms with Gasteiger partial charge in [0.15, 0.2) is 9.84 Å². The number of carbonyl (C=O) groups excluding carboxylic acids is 2. The monoisotopic (exact) mass is 380 g/mol. The van der Waals surface area contributed by atoms with E-state index in [0.717, 1.165) is 13.1 Å². The quantitative estimate of drug-likeness (QED) is 0.717. The Morgan fingerprint density at radius 2 is 1.92 bits per heavy atom. The van der Waals surface area contributed by atoms with E-state index < -0.39 is 9.84 Å². The molecule has 1 aromatic heterocycles. The molecular weight excluding hydrogens is 356 g/mol. The first-order chi connectivity index (χ1) is 12.3. The van der Waals surface area contributed by atoms with Crippen molar-refractivity contribution in [2.45, 2.75) is 12.5 Å². The van der Waals surface area contributed by atoms with Crippen molar-refractivity contribution in [3.63, 3.8) is 0 Å². The van der Waals surface area contributed by atoms with Crippen LogP contribution in [0.1, 0.15) is 27.3 Å². The van der Waals surface area contributed by atoms with Gasteiger partial charge in [0.1, 0.15) is 5.69 Å². The minimum atomic E-state index is -3.07. The van der Waals surface area contributed by atoms with Gasteiger partial charge in [-0.25, -0.2) is 8.42 Å². The van der Waals surface area contributed by atoms with Crippen LogP contribution in [-0.2, 0) is 9.84 Å². The van der Waals surface area contributed by atoms with Gasteiger partial charge in [0.05, 0.1) is 11.5 Å². The normalized spacial score (nSPS) is 23.0. The van der Waals surface area contributed by atoms with Crippen LogP contribution in [0.2, 0.25) is 0 Å². The summed E-state index contributed by atoms with van der Waals surface area (Å²) in [6.07, 6.45) is 1.90. The van der Waals surface area contributed by atoms with E-state index in [2.05, 4.69) is 9.88 Å². The molecule has 0 radical (unpaired) electrons. The molecule has 2 aliphatic heterocycles. The molecule has 1 aromatic rings. The highest BCUT2D eigenvalue weighted by atomic mass is 32.2. The van der Waals surface area contributed by atoms with Gasteiger partial charge >= 0.3 is 0 Å². The maximum Gasteiger partial charge on any atom is 0.272 e. The largest absolute Gasteiger partial charge is 0.338 e. The average molecular weight is 380 g/mol. The molecule has 2 amide bonds. The number of nitrogens with zero attached hydrogens (tertiary/aromatic N) is 4. The van der Waals surface area contributed by atoms with Crippen LogP contribution < -0.4 is 0 Å². The molecule has 1 unspecified atom stereocenters. The SMILES string of the molecule is CN1CCN(C(=O)c2cc(C(=O)N(C)C3CCS(=O)(=O)C3)ccn2)CC1. The van der Waals surface area contributed by atoms with Crippen molar-refractivity contribution in [2.24, 2.45) is 0 Å². The average Bonchev–Trinajstić information content (AvgIpc) is 3.00. The summed E-state index contributed by atoms with van der Waals surface area (Å²) >= 11 is 0. The number of piperazine rings is 1. The zero-order chi connectivity index (χ0) is 18.9. The molecule has 1 atom stereocenters. The lowest BCUT2D eigenvalue weighted by Crippen LogP contribution is -2.47. The topological polar surface area (TPSA) is 90.9 Å². The number of hydrogen-bond acceptors (Lipinski definition) is 6. The third-order valence-corrected chi connectivity index (χ3v) is 6.84. The fourth-order valence-electron chi connectivity index (χ4n) is 3.30. The van der Waals surface area contributed by atoms with Crippen LogP contribution in [0.4, 0.5) is 0 Å². The van der Waals surface area contributed by atoms with Crippen molar-refractivity contribution in [1.82, 2.24) is 19.7 Å². The van der Waals surface area contributed by atoms with E-state index in [0.29, 0.717) is 25.1 Å². The first-order valence-electron chi connectivity index (χ1n) is 8.68. The molecular formula is C17H24N4O4S. The smallest absolute Gasteiger partial charge is 0.272 e. The van der Waals surface area contributed by atoms with Crippen molar-refractivity contribution < 1.29 is 18.0 Å². The molecule has 0 aliphatic carbocycles. The molecule has 0 spiro atoms. The van der Waals surface area contributed by atoms with Crippen molar-refractivity contribution in [2.75, 3.05) is 51.8 Å². The third kappa shape index (κ3) is 4.04. The Morgan fingerprint density at radius 3 is 2.54 bits per heavy atom. The zero-order valence-electron chi connectivity index (χ0n) is 15.1. The molecule has 3 rings (SSSR count). The van der Waals surface area contributed by atoms with Crippen LogP contribution in [0.3, 0.4) is 0 Å². The summed E-state index contributed by atoms with van der Waals surface area (Å²) in [7, 11) is 0.552. The van der Waals surface area contributed by atoms with Crippen molar-refractivity contribution in [3.8, 4) is 0 Å². The summed E-state index contributed by atoms with van der Waals surface area (Å²) in [6.45, 7) is 2.89. The zero-order valence-corrected chi connectivity index (χ0v) is 15.9. The van der Waals surface area contributed by atoms with Gasteiger partial charge in [-0.2, -0.15) is 0 Å². The molecule has 0 saturated carbocycles. The number of hydrogen-bond donors (Lipinski definition) is 0. The van der Waals surface area contributed by atoms with Gasteiger partial charge in [-0.3, -0.25) is 14.6 Å². The molecule has 142 valence electrons. The minimum absolute atomic E-state index is 0.00654. The number of amides is 2. The second kappa shape index (κ2) is 7.32. The van der Waals surface area contributed by atoms with E-state index in [-0.39, 0.29) is 35.1 Å². The standard InChI is InChI=1S/C17H24N4O4S/c1-19-6-8-21(9-7-19)17(23)15-11-13(3-5-18-15)16(22)20(2)14-4-10-26(24,25)12-14/h3,5,11,14H,4,6-10,12H2,1-2H3. The van der Waals surface area contributed by atoms with E-state index >= 15 is 0 Å². The fraction of sp³-hybridized carbons (Fsp3) is 0.588. The number of aromatic nitrogens is 1. The first kappa shape index (κ1) is 18.8. The van der Waals surface area contributed by atoms with Gasteiger partial charge < -0.3 is 14.7 Å². The Morgan fingerprint density at radius 1 is 1.23 bits per heavy atom. The predicted octanol–water partition coefficient (Wildman–Crippen LogP) is -0.272. The summed E-state index contributed by atoms with van der Waals surface area (Å²) in [5, 5.41) is 0. The number of likely N-dealkylation sites (N-methyl/N-ethyl adjacent to an activating group) is 1. The number of carbonyl (C=O) groups is 2. The highest BCUT2D eigenvalue weighted by molar-refractivity contribution is 7.91. The summed E-state index contributed by atoms with van der Waals surface area (Å²) in [5.41, 5.74) is 0.595. The Kier molecular flexibility index (Phi) is 5.29. The van der Waals surface area contributed by atoms with Gasteiger partial charge in [-0.1, -0.05) is 0 Å². The first-order valence-corrected chi connectivity index (χ1v) is 10.5. The third-order valence-electron chi connectivity index (χ3n) is 5.09. The van der Waals surface area contributed by atoms with Crippen molar-refractivity contribution >= 4 is 21.7 Å². The Balaban J connectivity index is 1.72. The predicted molar refractivity (Wildman–Crippen MR) is 96.8 cm³/mol. The number of rotatable bonds is 3. The number of pyridine rings is 1. The maximum absolute atomic E-state index is 12.7. The highest BCUT2D eigenvalue weighted by Gasteiger charge is 2.33. The van der Waals surface area contributed by atoms with E-state index in [1.807, 2.05) is 7.05 Å². The molecule has 0 bridgehead atoms. The van der Waals surface area contributed by atoms with Crippen molar-refractivity contribution in [3.05, 3.63) is 29.6 Å². The molecule has 3 heterocycles. The van der Waals surface area contributed by atoms with Crippen LogP contribution >= 0.6 is 0 Å². The lowest BCUT2D eigenvalue weighted by Gasteiger charge is -2.32. The van der Waals surface area contributed by atoms with E-state index in [9.17, 15) is 18.0 Å². The van der Waals surface area contributed by atoms with Gasteiger partial charge in [-0.05, 0) is 25.6 Å². The fourth-order valence-corrected chi connectivity index (χ4v) is 5.08. The summed E-state index contributed by atoms with van der Waals surface area (Å²) in [6, 6.07) is 2.74. The lowest BCUT2D eigenvalue weighted by molar-refractivity contribution is 0.0658. The van der Waals surface area contributed by atoms with E-state index in [1.54, 1.807) is 18.0 Å². The Bertz CT molecular complexity index is 803. The highest BCUT2D eigenvalue weighted by Crippen LogP contribution is 2.19. The van der Waals surface area contributed by atoms with Crippen LogP contribution in [0.5, 0.6) is 0 Å². The molecule has 0 aromatic carbocycles. The molecule has 2 saturated heterocycles. The van der Waals surface area contributed by atoms with Crippen LogP contribution in [-0.4, -0.2) is 97.7 Å². The maximum atomic E-state index is 12.7. The number of sulfone groups is 1. The van der Waals surface area contributed by atoms with Gasteiger partial charge in [0, 0.05) is 51.0 Å². The van der Waals surface area contributed by atoms with Crippen molar-refractivity contribution in [1.29, 1.82) is 0 Å². The molecule has 2 fully saturated rings. The molecule has 9 heteroatoms. The summed E-state index contributed by atoms with van der Waals surface area (Å²) in [4.78, 5) is 34.8. The summed E-state index contributed by atoms with van der Waals surface area (Å²) in [5.74, 6) is -0.368. The lowest BCUT2D eigenvalue weighted by atomic mass is 10.1. The van der Waals surface area contributed by atoms with E-state index in [4.69, 9.17) is 0 Å². The molecule has 2 aliphatic rings. The molecule has 0 N–H and O–H groups in total. The van der Waals surface area contributed by atoms with Gasteiger partial charge in [0.25, 0.3) is 11.8 Å². The second-order valence-electron chi connectivity index (χ2n) is 7.00. The Labute approximate surface area is 153 Å². The second-order valence-corrected chi connectivity index (χ2v) is 9.23. The van der Waals surface area contributed by atoms with Gasteiger partial charge in [-0.15, -0.1) is 0 Å². The van der Waals surface area contributed by atoms with Crippen LogP contribution in [0.15, 0.2) is 18.3 Å².